The molecule has 1 saturated heterocycles. The third-order valence-electron chi connectivity index (χ3n) is 3.54. The molecule has 1 N–H and O–H groups in total. The van der Waals surface area contributed by atoms with E-state index in [1.54, 1.807) is 23.1 Å². The number of amides is 1. The Hall–Kier alpha value is -1.46. The number of hydrogen-bond donors (Lipinski definition) is 1. The fourth-order valence-corrected chi connectivity index (χ4v) is 2.41. The van der Waals surface area contributed by atoms with Crippen LogP contribution in [0.3, 0.4) is 0 Å². The van der Waals surface area contributed by atoms with E-state index < -0.39 is 0 Å². The largest absolute Gasteiger partial charge is 0.394 e. The molecule has 0 atom stereocenters. The van der Waals surface area contributed by atoms with Crippen LogP contribution in [0.4, 0.5) is 4.39 Å². The molecular formula is C15H20FNO3. The summed E-state index contributed by atoms with van der Waals surface area (Å²) in [5, 5.41) is 8.70. The van der Waals surface area contributed by atoms with Gasteiger partial charge < -0.3 is 14.7 Å². The summed E-state index contributed by atoms with van der Waals surface area (Å²) in [6.07, 6.45) is 1.75. The maximum absolute atomic E-state index is 13.5. The average molecular weight is 281 g/mol. The Kier molecular flexibility index (Phi) is 5.49. The SMILES string of the molecule is O=C(Cc1ccccc1F)N1CCC(OCCO)CC1. The van der Waals surface area contributed by atoms with Gasteiger partial charge in [0.05, 0.1) is 25.7 Å². The fraction of sp³-hybridized carbons (Fsp3) is 0.533. The van der Waals surface area contributed by atoms with E-state index in [1.807, 2.05) is 0 Å². The molecule has 1 aliphatic rings. The van der Waals surface area contributed by atoms with E-state index in [2.05, 4.69) is 0 Å². The summed E-state index contributed by atoms with van der Waals surface area (Å²) >= 11 is 0. The maximum atomic E-state index is 13.5. The lowest BCUT2D eigenvalue weighted by atomic mass is 10.1. The van der Waals surface area contributed by atoms with Crippen molar-refractivity contribution in [3.05, 3.63) is 35.6 Å². The van der Waals surface area contributed by atoms with Crippen LogP contribution in [0.1, 0.15) is 18.4 Å². The van der Waals surface area contributed by atoms with Gasteiger partial charge in [0.1, 0.15) is 5.82 Å². The van der Waals surface area contributed by atoms with Crippen LogP contribution in [0.2, 0.25) is 0 Å². The second-order valence-electron chi connectivity index (χ2n) is 4.94. The van der Waals surface area contributed by atoms with E-state index in [0.717, 1.165) is 12.8 Å². The smallest absolute Gasteiger partial charge is 0.227 e. The van der Waals surface area contributed by atoms with Gasteiger partial charge in [0, 0.05) is 13.1 Å². The number of ether oxygens (including phenoxy) is 1. The average Bonchev–Trinajstić information content (AvgIpc) is 2.48. The Morgan fingerprint density at radius 3 is 2.70 bits per heavy atom. The van der Waals surface area contributed by atoms with Crippen LogP contribution >= 0.6 is 0 Å². The van der Waals surface area contributed by atoms with Crippen LogP contribution in [0.5, 0.6) is 0 Å². The van der Waals surface area contributed by atoms with Crippen LogP contribution in [0.15, 0.2) is 24.3 Å². The standard InChI is InChI=1S/C15H20FNO3/c16-14-4-2-1-3-12(14)11-15(19)17-7-5-13(6-8-17)20-10-9-18/h1-4,13,18H,5-11H2. The van der Waals surface area contributed by atoms with E-state index in [9.17, 15) is 9.18 Å². The zero-order chi connectivity index (χ0) is 14.4. The Labute approximate surface area is 118 Å². The molecule has 1 aromatic rings. The minimum absolute atomic E-state index is 0.0203. The minimum atomic E-state index is -0.331. The van der Waals surface area contributed by atoms with Crippen molar-refractivity contribution in [2.45, 2.75) is 25.4 Å². The highest BCUT2D eigenvalue weighted by Crippen LogP contribution is 2.16. The predicted molar refractivity (Wildman–Crippen MR) is 72.7 cm³/mol. The first kappa shape index (κ1) is 14.9. The molecule has 2 rings (SSSR count). The zero-order valence-electron chi connectivity index (χ0n) is 11.4. The first-order valence-corrected chi connectivity index (χ1v) is 6.94. The number of hydrogen-bond acceptors (Lipinski definition) is 3. The Morgan fingerprint density at radius 2 is 2.05 bits per heavy atom. The summed E-state index contributed by atoms with van der Waals surface area (Å²) in [5.74, 6) is -0.377. The number of carbonyl (C=O) groups is 1. The molecule has 0 unspecified atom stereocenters. The lowest BCUT2D eigenvalue weighted by Crippen LogP contribution is -2.41. The van der Waals surface area contributed by atoms with E-state index in [0.29, 0.717) is 25.3 Å². The van der Waals surface area contributed by atoms with E-state index in [1.165, 1.54) is 6.07 Å². The number of aliphatic hydroxyl groups excluding tert-OH is 1. The van der Waals surface area contributed by atoms with Crippen LogP contribution < -0.4 is 0 Å². The molecule has 1 fully saturated rings. The van der Waals surface area contributed by atoms with Crippen molar-refractivity contribution in [3.63, 3.8) is 0 Å². The summed E-state index contributed by atoms with van der Waals surface area (Å²) < 4.78 is 19.0. The Balaban J connectivity index is 1.82. The molecule has 0 aliphatic carbocycles. The fourth-order valence-electron chi connectivity index (χ4n) is 2.41. The predicted octanol–water partition coefficient (Wildman–Crippen LogP) is 1.37. The Bertz CT molecular complexity index is 444. The molecule has 20 heavy (non-hydrogen) atoms. The molecule has 4 nitrogen and oxygen atoms in total. The lowest BCUT2D eigenvalue weighted by Gasteiger charge is -2.32. The summed E-state index contributed by atoms with van der Waals surface area (Å²) in [6, 6.07) is 6.37. The van der Waals surface area contributed by atoms with Gasteiger partial charge in [-0.15, -0.1) is 0 Å². The van der Waals surface area contributed by atoms with Crippen molar-refractivity contribution in [1.82, 2.24) is 4.90 Å². The Morgan fingerprint density at radius 1 is 1.35 bits per heavy atom. The zero-order valence-corrected chi connectivity index (χ0v) is 11.4. The van der Waals surface area contributed by atoms with Crippen molar-refractivity contribution in [2.75, 3.05) is 26.3 Å². The van der Waals surface area contributed by atoms with Crippen LogP contribution in [-0.4, -0.2) is 48.3 Å². The summed E-state index contributed by atoms with van der Waals surface area (Å²) in [4.78, 5) is 13.9. The molecule has 1 aromatic carbocycles. The second kappa shape index (κ2) is 7.36. The summed E-state index contributed by atoms with van der Waals surface area (Å²) in [5.41, 5.74) is 0.441. The number of nitrogens with zero attached hydrogens (tertiary/aromatic N) is 1. The maximum Gasteiger partial charge on any atom is 0.227 e. The third kappa shape index (κ3) is 4.02. The number of halogens is 1. The van der Waals surface area contributed by atoms with Gasteiger partial charge in [-0.2, -0.15) is 0 Å². The molecule has 1 aliphatic heterocycles. The van der Waals surface area contributed by atoms with Gasteiger partial charge in [-0.05, 0) is 24.5 Å². The van der Waals surface area contributed by atoms with Gasteiger partial charge in [0.25, 0.3) is 0 Å². The van der Waals surface area contributed by atoms with E-state index >= 15 is 0 Å². The van der Waals surface area contributed by atoms with Gasteiger partial charge in [0.15, 0.2) is 0 Å². The van der Waals surface area contributed by atoms with Crippen LogP contribution in [0, 0.1) is 5.82 Å². The number of benzene rings is 1. The van der Waals surface area contributed by atoms with Crippen molar-refractivity contribution in [2.24, 2.45) is 0 Å². The first-order chi connectivity index (χ1) is 9.70. The van der Waals surface area contributed by atoms with Gasteiger partial charge in [-0.1, -0.05) is 18.2 Å². The summed E-state index contributed by atoms with van der Waals surface area (Å²) in [6.45, 7) is 1.62. The van der Waals surface area contributed by atoms with Crippen LogP contribution in [-0.2, 0) is 16.0 Å². The van der Waals surface area contributed by atoms with Gasteiger partial charge in [0.2, 0.25) is 5.91 Å². The molecule has 0 saturated carbocycles. The number of rotatable bonds is 5. The second-order valence-corrected chi connectivity index (χ2v) is 4.94. The van der Waals surface area contributed by atoms with Crippen molar-refractivity contribution in [3.8, 4) is 0 Å². The highest BCUT2D eigenvalue weighted by molar-refractivity contribution is 5.78. The minimum Gasteiger partial charge on any atom is -0.394 e. The molecule has 0 bridgehead atoms. The molecular weight excluding hydrogens is 261 g/mol. The first-order valence-electron chi connectivity index (χ1n) is 6.94. The molecule has 0 aromatic heterocycles. The van der Waals surface area contributed by atoms with Gasteiger partial charge >= 0.3 is 0 Å². The van der Waals surface area contributed by atoms with Crippen LogP contribution in [0.25, 0.3) is 0 Å². The summed E-state index contributed by atoms with van der Waals surface area (Å²) in [7, 11) is 0. The normalized spacial score (nSPS) is 16.4. The highest BCUT2D eigenvalue weighted by atomic mass is 19.1. The monoisotopic (exact) mass is 281 g/mol. The van der Waals surface area contributed by atoms with E-state index in [4.69, 9.17) is 9.84 Å². The molecule has 1 heterocycles. The third-order valence-corrected chi connectivity index (χ3v) is 3.54. The number of carbonyl (C=O) groups excluding carboxylic acids is 1. The quantitative estimate of drug-likeness (QED) is 0.887. The highest BCUT2D eigenvalue weighted by Gasteiger charge is 2.23. The molecule has 0 spiro atoms. The molecule has 5 heteroatoms. The van der Waals surface area contributed by atoms with E-state index in [-0.39, 0.29) is 30.9 Å². The topological polar surface area (TPSA) is 49.8 Å². The van der Waals surface area contributed by atoms with Gasteiger partial charge in [-0.25, -0.2) is 4.39 Å². The molecule has 0 radical (unpaired) electrons. The van der Waals surface area contributed by atoms with Crippen molar-refractivity contribution in [1.29, 1.82) is 0 Å². The number of piperidine rings is 1. The van der Waals surface area contributed by atoms with Crippen molar-refractivity contribution >= 4 is 5.91 Å². The molecule has 1 amide bonds. The number of aliphatic hydroxyl groups is 1. The molecule has 110 valence electrons. The van der Waals surface area contributed by atoms with Gasteiger partial charge in [-0.3, -0.25) is 4.79 Å². The van der Waals surface area contributed by atoms with Crippen molar-refractivity contribution < 1.29 is 19.0 Å². The number of likely N-dealkylation sites (tertiary alicyclic amines) is 1. The lowest BCUT2D eigenvalue weighted by molar-refractivity contribution is -0.133.